The van der Waals surface area contributed by atoms with Gasteiger partial charge in [0.05, 0.1) is 4.88 Å². The molecule has 2 aromatic rings. The first-order chi connectivity index (χ1) is 14.0. The van der Waals surface area contributed by atoms with Crippen molar-refractivity contribution in [2.75, 3.05) is 30.7 Å². The first kappa shape index (κ1) is 22.9. The largest absolute Gasteiger partial charge is 0.383 e. The summed E-state index contributed by atoms with van der Waals surface area (Å²) < 4.78 is 0. The van der Waals surface area contributed by atoms with Crippen molar-refractivity contribution in [1.82, 2.24) is 15.2 Å². The number of aryl methyl sites for hydroxylation is 1. The van der Waals surface area contributed by atoms with E-state index in [1.807, 2.05) is 30.3 Å². The van der Waals surface area contributed by atoms with Crippen LogP contribution in [0.1, 0.15) is 48.8 Å². The predicted octanol–water partition coefficient (Wildman–Crippen LogP) is 4.44. The molecule has 7 heteroatoms. The van der Waals surface area contributed by atoms with E-state index in [-0.39, 0.29) is 5.91 Å². The molecule has 6 nitrogen and oxygen atoms in total. The van der Waals surface area contributed by atoms with E-state index in [1.54, 1.807) is 11.3 Å². The van der Waals surface area contributed by atoms with E-state index in [0.717, 1.165) is 48.0 Å². The number of hydrogen-bond acceptors (Lipinski definition) is 6. The van der Waals surface area contributed by atoms with Gasteiger partial charge >= 0.3 is 0 Å². The Morgan fingerprint density at radius 3 is 2.55 bits per heavy atom. The van der Waals surface area contributed by atoms with Gasteiger partial charge in [-0.1, -0.05) is 38.2 Å². The van der Waals surface area contributed by atoms with Gasteiger partial charge in [-0.15, -0.1) is 6.58 Å². The number of rotatable bonds is 12. The molecule has 0 fully saturated rings. The third-order valence-electron chi connectivity index (χ3n) is 5.00. The molecule has 0 spiro atoms. The second kappa shape index (κ2) is 11.6. The van der Waals surface area contributed by atoms with Crippen molar-refractivity contribution in [2.24, 2.45) is 0 Å². The lowest BCUT2D eigenvalue weighted by Crippen LogP contribution is -2.43. The number of nitrogens with zero attached hydrogens (tertiary/aromatic N) is 2. The zero-order valence-electron chi connectivity index (χ0n) is 17.7. The van der Waals surface area contributed by atoms with Gasteiger partial charge in [0.25, 0.3) is 5.91 Å². The van der Waals surface area contributed by atoms with Crippen LogP contribution in [0.3, 0.4) is 0 Å². The smallest absolute Gasteiger partial charge is 0.251 e. The Morgan fingerprint density at radius 2 is 1.97 bits per heavy atom. The average Bonchev–Trinajstić information content (AvgIpc) is 3.08. The SMILES string of the molecule is C=CCCc1sc(Nc2ccc(C(=O)NCC(CC)N(CC)CC)cc2)nc1N. The average molecular weight is 416 g/mol. The van der Waals surface area contributed by atoms with E-state index in [9.17, 15) is 4.79 Å². The van der Waals surface area contributed by atoms with Gasteiger partial charge in [0, 0.05) is 23.8 Å². The number of carbonyl (C=O) groups is 1. The van der Waals surface area contributed by atoms with E-state index in [2.05, 4.69) is 47.9 Å². The maximum absolute atomic E-state index is 12.5. The minimum atomic E-state index is -0.0487. The lowest BCUT2D eigenvalue weighted by Gasteiger charge is -2.28. The van der Waals surface area contributed by atoms with Crippen molar-refractivity contribution in [3.8, 4) is 0 Å². The maximum atomic E-state index is 12.5. The van der Waals surface area contributed by atoms with Gasteiger partial charge in [-0.05, 0) is 56.6 Å². The van der Waals surface area contributed by atoms with Gasteiger partial charge in [0.1, 0.15) is 5.82 Å². The summed E-state index contributed by atoms with van der Waals surface area (Å²) in [4.78, 5) is 20.3. The molecule has 0 aliphatic rings. The van der Waals surface area contributed by atoms with Gasteiger partial charge < -0.3 is 16.4 Å². The summed E-state index contributed by atoms with van der Waals surface area (Å²) in [6.07, 6.45) is 4.61. The van der Waals surface area contributed by atoms with Crippen LogP contribution >= 0.6 is 11.3 Å². The number of nitrogens with two attached hydrogens (primary N) is 1. The predicted molar refractivity (Wildman–Crippen MR) is 124 cm³/mol. The van der Waals surface area contributed by atoms with Crippen LogP contribution in [0, 0.1) is 0 Å². The Bertz CT molecular complexity index is 783. The standard InChI is InChI=1S/C22H33N5OS/c1-5-9-10-19-20(23)26-22(29-19)25-17-13-11-16(12-14-17)21(28)24-15-18(6-2)27(7-3)8-4/h5,11-14,18H,1,6-10,15,23H2,2-4H3,(H,24,28)(H,25,26). The van der Waals surface area contributed by atoms with Crippen LogP contribution < -0.4 is 16.4 Å². The molecule has 4 N–H and O–H groups in total. The number of carbonyl (C=O) groups excluding carboxylic acids is 1. The number of benzene rings is 1. The Morgan fingerprint density at radius 1 is 1.28 bits per heavy atom. The summed E-state index contributed by atoms with van der Waals surface area (Å²) in [5, 5.41) is 7.08. The highest BCUT2D eigenvalue weighted by atomic mass is 32.1. The second-order valence-corrected chi connectivity index (χ2v) is 7.93. The number of allylic oxidation sites excluding steroid dienone is 1. The van der Waals surface area contributed by atoms with Crippen LogP contribution in [0.4, 0.5) is 16.6 Å². The fraction of sp³-hybridized carbons (Fsp3) is 0.455. The Hall–Kier alpha value is -2.38. The molecule has 29 heavy (non-hydrogen) atoms. The van der Waals surface area contributed by atoms with E-state index in [0.29, 0.717) is 24.0 Å². The quantitative estimate of drug-likeness (QED) is 0.447. The molecule has 1 atom stereocenters. The van der Waals surface area contributed by atoms with E-state index in [4.69, 9.17) is 5.73 Å². The molecule has 0 bridgehead atoms. The first-order valence-corrected chi connectivity index (χ1v) is 11.1. The van der Waals surface area contributed by atoms with Crippen molar-refractivity contribution >= 4 is 33.9 Å². The van der Waals surface area contributed by atoms with Crippen LogP contribution in [0.5, 0.6) is 0 Å². The Labute approximate surface area is 178 Å². The van der Waals surface area contributed by atoms with Crippen molar-refractivity contribution in [3.05, 3.63) is 47.4 Å². The van der Waals surface area contributed by atoms with Gasteiger partial charge in [-0.25, -0.2) is 4.98 Å². The van der Waals surface area contributed by atoms with Crippen LogP contribution in [0.25, 0.3) is 0 Å². The monoisotopic (exact) mass is 415 g/mol. The molecule has 0 aliphatic heterocycles. The zero-order chi connectivity index (χ0) is 21.2. The van der Waals surface area contributed by atoms with Gasteiger partial charge in [-0.3, -0.25) is 9.69 Å². The number of nitrogens with one attached hydrogen (secondary N) is 2. The molecule has 1 amide bonds. The lowest BCUT2D eigenvalue weighted by molar-refractivity contribution is 0.0934. The van der Waals surface area contributed by atoms with Gasteiger partial charge in [-0.2, -0.15) is 0 Å². The zero-order valence-corrected chi connectivity index (χ0v) is 18.5. The highest BCUT2D eigenvalue weighted by Crippen LogP contribution is 2.28. The number of aromatic nitrogens is 1. The number of hydrogen-bond donors (Lipinski definition) is 3. The number of likely N-dealkylation sites (N-methyl/N-ethyl adjacent to an activating group) is 1. The van der Waals surface area contributed by atoms with Crippen LogP contribution in [0.15, 0.2) is 36.9 Å². The number of amides is 1. The molecule has 0 saturated heterocycles. The number of nitrogen functional groups attached to an aromatic ring is 1. The molecule has 2 rings (SSSR count). The van der Waals surface area contributed by atoms with Crippen molar-refractivity contribution in [3.63, 3.8) is 0 Å². The van der Waals surface area contributed by atoms with Crippen LogP contribution in [0.2, 0.25) is 0 Å². The summed E-state index contributed by atoms with van der Waals surface area (Å²) in [7, 11) is 0. The van der Waals surface area contributed by atoms with E-state index < -0.39 is 0 Å². The Balaban J connectivity index is 1.94. The molecular weight excluding hydrogens is 382 g/mol. The third kappa shape index (κ3) is 6.58. The maximum Gasteiger partial charge on any atom is 0.251 e. The second-order valence-electron chi connectivity index (χ2n) is 6.85. The number of anilines is 3. The highest BCUT2D eigenvalue weighted by molar-refractivity contribution is 7.16. The van der Waals surface area contributed by atoms with Crippen molar-refractivity contribution in [2.45, 2.75) is 46.1 Å². The molecule has 0 aliphatic carbocycles. The molecule has 0 radical (unpaired) electrons. The molecule has 0 saturated carbocycles. The summed E-state index contributed by atoms with van der Waals surface area (Å²) in [6.45, 7) is 12.8. The van der Waals surface area contributed by atoms with Gasteiger partial charge in [0.2, 0.25) is 0 Å². The van der Waals surface area contributed by atoms with Crippen molar-refractivity contribution in [1.29, 1.82) is 0 Å². The summed E-state index contributed by atoms with van der Waals surface area (Å²) in [6, 6.07) is 7.78. The molecule has 1 unspecified atom stereocenters. The van der Waals surface area contributed by atoms with Crippen molar-refractivity contribution < 1.29 is 4.79 Å². The van der Waals surface area contributed by atoms with E-state index >= 15 is 0 Å². The highest BCUT2D eigenvalue weighted by Gasteiger charge is 2.15. The van der Waals surface area contributed by atoms with Gasteiger partial charge in [0.15, 0.2) is 5.13 Å². The topological polar surface area (TPSA) is 83.3 Å². The fourth-order valence-corrected chi connectivity index (χ4v) is 4.16. The molecule has 158 valence electrons. The minimum Gasteiger partial charge on any atom is -0.383 e. The van der Waals surface area contributed by atoms with E-state index in [1.165, 1.54) is 0 Å². The van der Waals surface area contributed by atoms with Crippen LogP contribution in [-0.2, 0) is 6.42 Å². The molecule has 1 aromatic carbocycles. The number of thiazole rings is 1. The normalized spacial score (nSPS) is 12.0. The lowest BCUT2D eigenvalue weighted by atomic mass is 10.1. The molecule has 1 heterocycles. The molecule has 1 aromatic heterocycles. The molecular formula is C22H33N5OS. The first-order valence-electron chi connectivity index (χ1n) is 10.3. The summed E-state index contributed by atoms with van der Waals surface area (Å²) in [5.41, 5.74) is 7.50. The van der Waals surface area contributed by atoms with Crippen LogP contribution in [-0.4, -0.2) is 41.5 Å². The third-order valence-corrected chi connectivity index (χ3v) is 6.05. The summed E-state index contributed by atoms with van der Waals surface area (Å²) >= 11 is 1.55. The Kier molecular flexibility index (Phi) is 9.15. The summed E-state index contributed by atoms with van der Waals surface area (Å²) in [5.74, 6) is 0.515. The minimum absolute atomic E-state index is 0.0487. The fourth-order valence-electron chi connectivity index (χ4n) is 3.24.